The van der Waals surface area contributed by atoms with E-state index >= 15 is 0 Å². The maximum absolute atomic E-state index is 11.6. The van der Waals surface area contributed by atoms with E-state index in [1.165, 1.54) is 0 Å². The molecule has 0 saturated heterocycles. The summed E-state index contributed by atoms with van der Waals surface area (Å²) in [6.45, 7) is -2.15. The Morgan fingerprint density at radius 3 is 2.31 bits per heavy atom. The molecule has 0 unspecified atom stereocenters. The molecule has 0 rings (SSSR count). The molecule has 0 bridgehead atoms. The first-order valence-electron chi connectivity index (χ1n) is 3.96. The van der Waals surface area contributed by atoms with Gasteiger partial charge in [-0.05, 0) is 19.3 Å². The molecule has 0 aromatic heterocycles. The zero-order chi connectivity index (χ0) is 9.45. The Bertz CT molecular complexity index is 129. The molecule has 6 heteroatoms. The summed E-state index contributed by atoms with van der Waals surface area (Å²) in [5, 5.41) is 0. The average Bonchev–Trinajstić information content (AvgIpc) is 1.94. The van der Waals surface area contributed by atoms with Crippen LogP contribution in [0.4, 0.5) is 12.9 Å². The fraction of sp³-hybridized carbons (Fsp3) is 0.714. The van der Waals surface area contributed by atoms with Crippen LogP contribution >= 0.6 is 0 Å². The second kappa shape index (κ2) is 9.74. The zero-order valence-corrected chi connectivity index (χ0v) is 11.1. The molecule has 0 heterocycles. The molecular formula is C7H13BF3KO. The Morgan fingerprint density at radius 1 is 1.23 bits per heavy atom. The van der Waals surface area contributed by atoms with Crippen molar-refractivity contribution in [3.8, 4) is 0 Å². The molecule has 0 amide bonds. The Labute approximate surface area is 120 Å². The molecule has 72 valence electrons. The summed E-state index contributed by atoms with van der Waals surface area (Å²) in [6.07, 6.45) is 4.08. The minimum Gasteiger partial charge on any atom is -0.447 e. The van der Waals surface area contributed by atoms with Gasteiger partial charge in [0, 0.05) is 13.1 Å². The van der Waals surface area contributed by atoms with Gasteiger partial charge in [-0.3, -0.25) is 0 Å². The number of rotatable bonds is 7. The Kier molecular flexibility index (Phi) is 12.4. The first-order chi connectivity index (χ1) is 5.56. The minimum atomic E-state index is -4.77. The van der Waals surface area contributed by atoms with E-state index in [4.69, 9.17) is 0 Å². The van der Waals surface area contributed by atoms with Crippen molar-refractivity contribution in [1.29, 1.82) is 0 Å². The SMILES string of the molecule is C=CCCCCOC[B-](F)(F)F.[K+]. The van der Waals surface area contributed by atoms with Gasteiger partial charge >= 0.3 is 58.4 Å². The average molecular weight is 220 g/mol. The van der Waals surface area contributed by atoms with E-state index in [0.29, 0.717) is 6.42 Å². The Balaban J connectivity index is 0. The third-order valence-corrected chi connectivity index (χ3v) is 1.25. The number of allylic oxidation sites excluding steroid dienone is 1. The third-order valence-electron chi connectivity index (χ3n) is 1.25. The van der Waals surface area contributed by atoms with Gasteiger partial charge < -0.3 is 17.7 Å². The van der Waals surface area contributed by atoms with Crippen LogP contribution in [0.5, 0.6) is 0 Å². The van der Waals surface area contributed by atoms with Gasteiger partial charge in [0.15, 0.2) is 0 Å². The van der Waals surface area contributed by atoms with E-state index in [0.717, 1.165) is 12.8 Å². The van der Waals surface area contributed by atoms with Gasteiger partial charge in [0.2, 0.25) is 0 Å². The van der Waals surface area contributed by atoms with Gasteiger partial charge in [0.25, 0.3) is 0 Å². The van der Waals surface area contributed by atoms with Crippen molar-refractivity contribution in [3.63, 3.8) is 0 Å². The Hall–Kier alpha value is 1.19. The van der Waals surface area contributed by atoms with Crippen molar-refractivity contribution in [2.75, 3.05) is 13.1 Å². The van der Waals surface area contributed by atoms with Crippen LogP contribution in [0.25, 0.3) is 0 Å². The summed E-state index contributed by atoms with van der Waals surface area (Å²) < 4.78 is 39.1. The topological polar surface area (TPSA) is 9.23 Å². The molecule has 1 nitrogen and oxygen atoms in total. The maximum atomic E-state index is 11.6. The summed E-state index contributed by atoms with van der Waals surface area (Å²) in [5.41, 5.74) is 0. The van der Waals surface area contributed by atoms with Gasteiger partial charge in [0.1, 0.15) is 0 Å². The van der Waals surface area contributed by atoms with Crippen LogP contribution in [0.15, 0.2) is 12.7 Å². The molecule has 0 fully saturated rings. The van der Waals surface area contributed by atoms with Gasteiger partial charge in [-0.2, -0.15) is 0 Å². The fourth-order valence-electron chi connectivity index (χ4n) is 0.710. The molecule has 0 aliphatic carbocycles. The Morgan fingerprint density at radius 2 is 1.85 bits per heavy atom. The normalized spacial score (nSPS) is 10.7. The number of unbranched alkanes of at least 4 members (excludes halogenated alkanes) is 2. The van der Waals surface area contributed by atoms with E-state index in [1.807, 2.05) is 0 Å². The summed E-state index contributed by atoms with van der Waals surface area (Å²) in [4.78, 5) is 0. The van der Waals surface area contributed by atoms with E-state index < -0.39 is 13.5 Å². The first kappa shape index (κ1) is 16.6. The molecule has 0 aliphatic heterocycles. The van der Waals surface area contributed by atoms with Crippen molar-refractivity contribution in [2.45, 2.75) is 19.3 Å². The molecule has 13 heavy (non-hydrogen) atoms. The smallest absolute Gasteiger partial charge is 0.447 e. The van der Waals surface area contributed by atoms with E-state index in [1.54, 1.807) is 6.08 Å². The summed E-state index contributed by atoms with van der Waals surface area (Å²) in [6, 6.07) is 0. The molecule has 0 N–H and O–H groups in total. The van der Waals surface area contributed by atoms with Gasteiger partial charge in [-0.25, -0.2) is 0 Å². The third kappa shape index (κ3) is 15.9. The van der Waals surface area contributed by atoms with Crippen molar-refractivity contribution in [3.05, 3.63) is 12.7 Å². The van der Waals surface area contributed by atoms with Gasteiger partial charge in [-0.15, -0.1) is 6.58 Å². The minimum absolute atomic E-state index is 0. The van der Waals surface area contributed by atoms with Gasteiger partial charge in [0.05, 0.1) is 0 Å². The molecule has 0 atom stereocenters. The van der Waals surface area contributed by atoms with Crippen LogP contribution in [0, 0.1) is 0 Å². The second-order valence-electron chi connectivity index (χ2n) is 2.57. The van der Waals surface area contributed by atoms with Crippen LogP contribution in [0.3, 0.4) is 0 Å². The molecular weight excluding hydrogens is 207 g/mol. The monoisotopic (exact) mass is 220 g/mol. The second-order valence-corrected chi connectivity index (χ2v) is 2.57. The van der Waals surface area contributed by atoms with E-state index in [9.17, 15) is 12.9 Å². The van der Waals surface area contributed by atoms with Gasteiger partial charge in [-0.1, -0.05) is 6.08 Å². The van der Waals surface area contributed by atoms with Crippen LogP contribution in [0.2, 0.25) is 0 Å². The predicted octanol–water partition coefficient (Wildman–Crippen LogP) is -0.250. The largest absolute Gasteiger partial charge is 1.00 e. The standard InChI is InChI=1S/C7H13BF3O.K/c1-2-3-4-5-6-12-7-8(9,10)11;/h2H,1,3-7H2;/q-1;+1. The predicted molar refractivity (Wildman–Crippen MR) is 43.9 cm³/mol. The molecule has 0 radical (unpaired) electrons. The van der Waals surface area contributed by atoms with E-state index in [-0.39, 0.29) is 58.0 Å². The fourth-order valence-corrected chi connectivity index (χ4v) is 0.710. The summed E-state index contributed by atoms with van der Waals surface area (Å²) in [5.74, 6) is 0. The molecule has 0 spiro atoms. The number of halogens is 3. The van der Waals surface area contributed by atoms with E-state index in [2.05, 4.69) is 11.3 Å². The van der Waals surface area contributed by atoms with Crippen molar-refractivity contribution in [1.82, 2.24) is 0 Å². The molecule has 0 saturated carbocycles. The van der Waals surface area contributed by atoms with Crippen LogP contribution < -0.4 is 51.4 Å². The zero-order valence-electron chi connectivity index (χ0n) is 7.94. The number of hydrogen-bond acceptors (Lipinski definition) is 1. The van der Waals surface area contributed by atoms with Crippen LogP contribution in [-0.4, -0.2) is 20.1 Å². The molecule has 0 aliphatic rings. The van der Waals surface area contributed by atoms with Crippen molar-refractivity contribution in [2.24, 2.45) is 0 Å². The van der Waals surface area contributed by atoms with Crippen LogP contribution in [0.1, 0.15) is 19.3 Å². The number of ether oxygens (including phenoxy) is 1. The van der Waals surface area contributed by atoms with Crippen LogP contribution in [-0.2, 0) is 4.74 Å². The molecule has 0 aromatic rings. The van der Waals surface area contributed by atoms with Crippen molar-refractivity contribution >= 4 is 6.98 Å². The number of hydrogen-bond donors (Lipinski definition) is 0. The summed E-state index contributed by atoms with van der Waals surface area (Å²) in [7, 11) is 0. The van der Waals surface area contributed by atoms with Crippen molar-refractivity contribution < 1.29 is 69.1 Å². The molecule has 0 aromatic carbocycles. The quantitative estimate of drug-likeness (QED) is 0.326. The maximum Gasteiger partial charge on any atom is 1.00 e. The first-order valence-corrected chi connectivity index (χ1v) is 3.96. The summed E-state index contributed by atoms with van der Waals surface area (Å²) >= 11 is 0.